The van der Waals surface area contributed by atoms with Gasteiger partial charge in [-0.25, -0.2) is 0 Å². The van der Waals surface area contributed by atoms with Gasteiger partial charge in [0.2, 0.25) is 0 Å². The second-order valence-electron chi connectivity index (χ2n) is 6.70. The van der Waals surface area contributed by atoms with Gasteiger partial charge in [0.05, 0.1) is 0 Å². The van der Waals surface area contributed by atoms with E-state index in [1.54, 1.807) is 6.07 Å². The fourth-order valence-corrected chi connectivity index (χ4v) is 4.49. The first-order valence-electron chi connectivity index (χ1n) is 8.61. The van der Waals surface area contributed by atoms with E-state index in [-0.39, 0.29) is 5.91 Å². The van der Waals surface area contributed by atoms with E-state index >= 15 is 0 Å². The van der Waals surface area contributed by atoms with Gasteiger partial charge in [0, 0.05) is 18.7 Å². The summed E-state index contributed by atoms with van der Waals surface area (Å²) in [6, 6.07) is 12.8. The van der Waals surface area contributed by atoms with Crippen LogP contribution in [0, 0.1) is 5.92 Å². The third kappa shape index (κ3) is 2.67. The van der Waals surface area contributed by atoms with E-state index in [9.17, 15) is 4.79 Å². The highest BCUT2D eigenvalue weighted by atomic mass is 16.5. The van der Waals surface area contributed by atoms with Gasteiger partial charge >= 0.3 is 0 Å². The zero-order valence-corrected chi connectivity index (χ0v) is 13.2. The molecule has 0 unspecified atom stereocenters. The molecule has 4 nitrogen and oxygen atoms in total. The Balaban J connectivity index is 1.60. The van der Waals surface area contributed by atoms with Crippen LogP contribution in [0.5, 0.6) is 0 Å². The van der Waals surface area contributed by atoms with E-state index in [1.165, 1.54) is 31.1 Å². The topological polar surface area (TPSA) is 46.3 Å². The van der Waals surface area contributed by atoms with Crippen molar-refractivity contribution in [3.05, 3.63) is 53.9 Å². The number of rotatable bonds is 2. The zero-order valence-electron chi connectivity index (χ0n) is 13.2. The van der Waals surface area contributed by atoms with Crippen LogP contribution in [0.25, 0.3) is 0 Å². The highest BCUT2D eigenvalue weighted by Crippen LogP contribution is 2.44. The molecular weight excluding hydrogens is 288 g/mol. The molecule has 0 bridgehead atoms. The lowest BCUT2D eigenvalue weighted by Gasteiger charge is -2.48. The number of carbonyl (C=O) groups is 1. The molecule has 0 N–H and O–H groups in total. The highest BCUT2D eigenvalue weighted by molar-refractivity contribution is 5.92. The minimum Gasteiger partial charge on any atom is -0.364 e. The van der Waals surface area contributed by atoms with Gasteiger partial charge in [-0.2, -0.15) is 0 Å². The van der Waals surface area contributed by atoms with Gasteiger partial charge in [0.15, 0.2) is 5.69 Å². The Labute approximate surface area is 136 Å². The molecule has 4 heteroatoms. The number of nitrogens with zero attached hydrogens (tertiary/aromatic N) is 2. The van der Waals surface area contributed by atoms with Gasteiger partial charge in [-0.15, -0.1) is 0 Å². The number of amides is 1. The number of carbonyl (C=O) groups excluding carboxylic acids is 1. The summed E-state index contributed by atoms with van der Waals surface area (Å²) in [7, 11) is 0. The summed E-state index contributed by atoms with van der Waals surface area (Å²) in [5.41, 5.74) is 1.87. The number of hydrogen-bond donors (Lipinski definition) is 0. The van der Waals surface area contributed by atoms with E-state index < -0.39 is 0 Å². The summed E-state index contributed by atoms with van der Waals surface area (Å²) in [5.74, 6) is 1.17. The predicted molar refractivity (Wildman–Crippen MR) is 87.1 cm³/mol. The largest absolute Gasteiger partial charge is 0.364 e. The van der Waals surface area contributed by atoms with Gasteiger partial charge < -0.3 is 9.42 Å². The molecule has 0 spiro atoms. The molecule has 2 fully saturated rings. The first-order valence-corrected chi connectivity index (χ1v) is 8.61. The van der Waals surface area contributed by atoms with Crippen LogP contribution in [0.1, 0.15) is 54.1 Å². The molecule has 2 aliphatic rings. The molecule has 1 aromatic carbocycles. The molecule has 1 aliphatic heterocycles. The third-order valence-electron chi connectivity index (χ3n) is 5.53. The molecule has 1 aromatic heterocycles. The number of benzene rings is 1. The fraction of sp³-hybridized carbons (Fsp3) is 0.474. The van der Waals surface area contributed by atoms with Crippen molar-refractivity contribution in [3.8, 4) is 0 Å². The Morgan fingerprint density at radius 1 is 1.09 bits per heavy atom. The van der Waals surface area contributed by atoms with Crippen LogP contribution in [0.2, 0.25) is 0 Å². The van der Waals surface area contributed by atoms with Crippen molar-refractivity contribution in [2.45, 2.75) is 44.1 Å². The number of likely N-dealkylation sites (tertiary alicyclic amines) is 1. The summed E-state index contributed by atoms with van der Waals surface area (Å²) in [6.07, 6.45) is 7.32. The SMILES string of the molecule is O=C(c1ccon1)N1CC[C@@H](c2ccccc2)[C@@H]2CCCC[C@H]21. The molecule has 23 heavy (non-hydrogen) atoms. The van der Waals surface area contributed by atoms with Crippen LogP contribution in [-0.2, 0) is 0 Å². The predicted octanol–water partition coefficient (Wildman–Crippen LogP) is 3.86. The van der Waals surface area contributed by atoms with E-state index in [2.05, 4.69) is 40.4 Å². The van der Waals surface area contributed by atoms with E-state index in [0.29, 0.717) is 23.6 Å². The van der Waals surface area contributed by atoms with Crippen molar-refractivity contribution >= 4 is 5.91 Å². The minimum absolute atomic E-state index is 0.0298. The van der Waals surface area contributed by atoms with Crippen LogP contribution in [0.4, 0.5) is 0 Å². The Morgan fingerprint density at radius 3 is 2.70 bits per heavy atom. The quantitative estimate of drug-likeness (QED) is 0.846. The minimum atomic E-state index is 0.0298. The maximum absolute atomic E-state index is 12.8. The Bertz CT molecular complexity index is 653. The zero-order chi connectivity index (χ0) is 15.6. The third-order valence-corrected chi connectivity index (χ3v) is 5.53. The van der Waals surface area contributed by atoms with Crippen LogP contribution in [-0.4, -0.2) is 28.6 Å². The normalized spacial score (nSPS) is 27.5. The Morgan fingerprint density at radius 2 is 1.91 bits per heavy atom. The molecule has 0 radical (unpaired) electrons. The fourth-order valence-electron chi connectivity index (χ4n) is 4.49. The standard InChI is InChI=1S/C19H22N2O2/c22-19(17-11-13-23-20-17)21-12-10-15(14-6-2-1-3-7-14)16-8-4-5-9-18(16)21/h1-3,6-7,11,13,15-16,18H,4-5,8-10,12H2/t15-,16-,18+/m0/s1. The monoisotopic (exact) mass is 310 g/mol. The van der Waals surface area contributed by atoms with Crippen LogP contribution >= 0.6 is 0 Å². The number of hydrogen-bond acceptors (Lipinski definition) is 3. The lowest BCUT2D eigenvalue weighted by atomic mass is 9.69. The molecule has 1 aliphatic carbocycles. The lowest BCUT2D eigenvalue weighted by molar-refractivity contribution is 0.0311. The second-order valence-corrected chi connectivity index (χ2v) is 6.70. The van der Waals surface area contributed by atoms with Crippen molar-refractivity contribution in [2.75, 3.05) is 6.54 Å². The molecule has 4 rings (SSSR count). The molecule has 1 amide bonds. The van der Waals surface area contributed by atoms with E-state index in [4.69, 9.17) is 4.52 Å². The number of fused-ring (bicyclic) bond motifs is 1. The summed E-state index contributed by atoms with van der Waals surface area (Å²) >= 11 is 0. The van der Waals surface area contributed by atoms with Crippen LogP contribution < -0.4 is 0 Å². The highest BCUT2D eigenvalue weighted by Gasteiger charge is 2.42. The molecule has 120 valence electrons. The second kappa shape index (κ2) is 6.19. The molecule has 3 atom stereocenters. The van der Waals surface area contributed by atoms with Crippen LogP contribution in [0.3, 0.4) is 0 Å². The van der Waals surface area contributed by atoms with Gasteiger partial charge in [0.25, 0.3) is 5.91 Å². The Hall–Kier alpha value is -2.10. The van der Waals surface area contributed by atoms with Crippen molar-refractivity contribution in [1.82, 2.24) is 10.1 Å². The first kappa shape index (κ1) is 14.5. The first-order chi connectivity index (χ1) is 11.3. The molecular formula is C19H22N2O2. The van der Waals surface area contributed by atoms with Gasteiger partial charge in [0.1, 0.15) is 6.26 Å². The maximum Gasteiger partial charge on any atom is 0.276 e. The smallest absolute Gasteiger partial charge is 0.276 e. The number of aromatic nitrogens is 1. The summed E-state index contributed by atoms with van der Waals surface area (Å²) < 4.78 is 4.86. The van der Waals surface area contributed by atoms with Crippen molar-refractivity contribution in [3.63, 3.8) is 0 Å². The van der Waals surface area contributed by atoms with Gasteiger partial charge in [-0.3, -0.25) is 4.79 Å². The Kier molecular flexibility index (Phi) is 3.90. The summed E-state index contributed by atoms with van der Waals surface area (Å²) in [5, 5.41) is 3.84. The van der Waals surface area contributed by atoms with Crippen molar-refractivity contribution in [1.29, 1.82) is 0 Å². The molecule has 1 saturated heterocycles. The molecule has 1 saturated carbocycles. The van der Waals surface area contributed by atoms with Crippen LogP contribution in [0.15, 0.2) is 47.2 Å². The van der Waals surface area contributed by atoms with Gasteiger partial charge in [-0.05, 0) is 36.7 Å². The lowest BCUT2D eigenvalue weighted by Crippen LogP contribution is -2.52. The average molecular weight is 310 g/mol. The van der Waals surface area contributed by atoms with E-state index in [1.807, 2.05) is 0 Å². The maximum atomic E-state index is 12.8. The van der Waals surface area contributed by atoms with Crippen molar-refractivity contribution in [2.24, 2.45) is 5.92 Å². The van der Waals surface area contributed by atoms with Crippen molar-refractivity contribution < 1.29 is 9.32 Å². The molecule has 2 aromatic rings. The average Bonchev–Trinajstić information content (AvgIpc) is 3.15. The summed E-state index contributed by atoms with van der Waals surface area (Å²) in [4.78, 5) is 14.8. The van der Waals surface area contributed by atoms with Gasteiger partial charge in [-0.1, -0.05) is 48.3 Å². The van der Waals surface area contributed by atoms with E-state index in [0.717, 1.165) is 19.4 Å². The number of piperidine rings is 1. The molecule has 2 heterocycles. The summed E-state index contributed by atoms with van der Waals surface area (Å²) in [6.45, 7) is 0.812.